The van der Waals surface area contributed by atoms with E-state index < -0.39 is 47.0 Å². The Morgan fingerprint density at radius 3 is 2.58 bits per heavy atom. The molecular formula is C24H23ClN4O4. The van der Waals surface area contributed by atoms with Crippen LogP contribution in [0.15, 0.2) is 42.5 Å². The van der Waals surface area contributed by atoms with E-state index in [0.29, 0.717) is 22.7 Å². The largest absolute Gasteiger partial charge is 0.370 e. The fourth-order valence-electron chi connectivity index (χ4n) is 5.59. The molecule has 0 saturated carbocycles. The van der Waals surface area contributed by atoms with Crippen LogP contribution < -0.4 is 16.4 Å². The van der Waals surface area contributed by atoms with Crippen molar-refractivity contribution < 1.29 is 19.2 Å². The summed E-state index contributed by atoms with van der Waals surface area (Å²) in [6.07, 6.45) is 0.322. The van der Waals surface area contributed by atoms with E-state index in [4.69, 9.17) is 17.3 Å². The highest BCUT2D eigenvalue weighted by atomic mass is 35.5. The number of anilines is 1. The minimum atomic E-state index is -1.50. The van der Waals surface area contributed by atoms with E-state index in [1.165, 1.54) is 4.90 Å². The topological polar surface area (TPSA) is 122 Å². The Morgan fingerprint density at radius 2 is 1.88 bits per heavy atom. The maximum Gasteiger partial charge on any atom is 0.250 e. The number of amides is 4. The van der Waals surface area contributed by atoms with Crippen LogP contribution in [0.1, 0.15) is 23.1 Å². The van der Waals surface area contributed by atoms with Crippen LogP contribution in [-0.2, 0) is 31.1 Å². The average molecular weight is 467 g/mol. The van der Waals surface area contributed by atoms with Gasteiger partial charge in [-0.05, 0) is 36.6 Å². The molecule has 2 aromatic carbocycles. The van der Waals surface area contributed by atoms with E-state index in [-0.39, 0.29) is 13.0 Å². The minimum Gasteiger partial charge on any atom is -0.370 e. The summed E-state index contributed by atoms with van der Waals surface area (Å²) < 4.78 is 0. The van der Waals surface area contributed by atoms with E-state index in [9.17, 15) is 19.2 Å². The van der Waals surface area contributed by atoms with Gasteiger partial charge in [0, 0.05) is 35.3 Å². The number of carbonyl (C=O) groups is 4. The van der Waals surface area contributed by atoms with Gasteiger partial charge in [0.05, 0.1) is 11.8 Å². The number of nitrogens with zero attached hydrogens (tertiary/aromatic N) is 1. The van der Waals surface area contributed by atoms with E-state index in [1.807, 2.05) is 37.3 Å². The minimum absolute atomic E-state index is 0.170. The number of carbonyl (C=O) groups excluding carboxylic acids is 4. The first-order chi connectivity index (χ1) is 15.7. The van der Waals surface area contributed by atoms with Crippen LogP contribution in [0.3, 0.4) is 0 Å². The molecule has 170 valence electrons. The molecule has 0 aromatic heterocycles. The molecule has 2 aromatic rings. The van der Waals surface area contributed by atoms with Crippen molar-refractivity contribution in [2.75, 3.05) is 11.9 Å². The lowest BCUT2D eigenvalue weighted by atomic mass is 9.76. The third-order valence-electron chi connectivity index (χ3n) is 6.97. The lowest BCUT2D eigenvalue weighted by molar-refractivity contribution is -0.142. The van der Waals surface area contributed by atoms with Gasteiger partial charge in [-0.2, -0.15) is 0 Å². The van der Waals surface area contributed by atoms with Gasteiger partial charge >= 0.3 is 0 Å². The number of hydrogen-bond acceptors (Lipinski definition) is 5. The molecule has 33 heavy (non-hydrogen) atoms. The van der Waals surface area contributed by atoms with Crippen LogP contribution in [0.25, 0.3) is 0 Å². The highest BCUT2D eigenvalue weighted by molar-refractivity contribution is 6.31. The van der Waals surface area contributed by atoms with Gasteiger partial charge in [-0.1, -0.05) is 41.9 Å². The molecule has 3 aliphatic heterocycles. The number of likely N-dealkylation sites (tertiary alicyclic amines) is 1. The number of nitrogens with two attached hydrogens (primary N) is 1. The molecule has 5 rings (SSSR count). The molecule has 1 spiro atoms. The molecule has 0 unspecified atom stereocenters. The zero-order chi connectivity index (χ0) is 23.5. The van der Waals surface area contributed by atoms with Gasteiger partial charge in [0.2, 0.25) is 23.6 Å². The van der Waals surface area contributed by atoms with E-state index in [1.54, 1.807) is 12.1 Å². The molecule has 4 N–H and O–H groups in total. The van der Waals surface area contributed by atoms with Crippen LogP contribution in [-0.4, -0.2) is 41.1 Å². The third-order valence-corrected chi connectivity index (χ3v) is 7.18. The number of nitrogens with one attached hydrogen (secondary N) is 2. The standard InChI is InChI=1S/C24H23ClN4O4/c1-12-9-14(25)10-15-20(12)27-23(33)24(15)19-18(16(28-24)11-17(26)30)21(31)29(22(19)32)8-7-13-5-3-2-4-6-13/h2-6,9-10,16,18-19,28H,7-8,11H2,1H3,(H2,26,30)(H,27,33)/t16-,18-,19+,24-/m1/s1. The van der Waals surface area contributed by atoms with Gasteiger partial charge in [0.25, 0.3) is 0 Å². The molecule has 9 heteroatoms. The molecule has 0 radical (unpaired) electrons. The van der Waals surface area contributed by atoms with Gasteiger partial charge in [-0.3, -0.25) is 29.4 Å². The second kappa shape index (κ2) is 7.67. The summed E-state index contributed by atoms with van der Waals surface area (Å²) in [5.74, 6) is -3.75. The predicted octanol–water partition coefficient (Wildman–Crippen LogP) is 1.49. The smallest absolute Gasteiger partial charge is 0.250 e. The summed E-state index contributed by atoms with van der Waals surface area (Å²) >= 11 is 6.31. The molecular weight excluding hydrogens is 444 g/mol. The van der Waals surface area contributed by atoms with Gasteiger partial charge in [-0.15, -0.1) is 0 Å². The first-order valence-electron chi connectivity index (χ1n) is 10.8. The molecule has 4 amide bonds. The number of imide groups is 1. The molecule has 8 nitrogen and oxygen atoms in total. The molecule has 3 aliphatic rings. The Morgan fingerprint density at radius 1 is 1.15 bits per heavy atom. The number of halogens is 1. The number of hydrogen-bond donors (Lipinski definition) is 3. The van der Waals surface area contributed by atoms with E-state index >= 15 is 0 Å². The fourth-order valence-corrected chi connectivity index (χ4v) is 5.86. The summed E-state index contributed by atoms with van der Waals surface area (Å²) in [6.45, 7) is 2.00. The zero-order valence-electron chi connectivity index (χ0n) is 17.9. The first kappa shape index (κ1) is 21.6. The maximum absolute atomic E-state index is 13.7. The number of rotatable bonds is 5. The third kappa shape index (κ3) is 3.16. The SMILES string of the molecule is Cc1cc(Cl)cc2c1NC(=O)[C@@]21N[C@H](CC(N)=O)[C@H]2C(=O)N(CCc3ccccc3)C(=O)[C@H]21. The summed E-state index contributed by atoms with van der Waals surface area (Å²) in [4.78, 5) is 53.6. The van der Waals surface area contributed by atoms with Crippen LogP contribution in [0, 0.1) is 18.8 Å². The van der Waals surface area contributed by atoms with Crippen LogP contribution in [0.2, 0.25) is 5.02 Å². The quantitative estimate of drug-likeness (QED) is 0.576. The Kier molecular flexibility index (Phi) is 5.02. The fraction of sp³-hybridized carbons (Fsp3) is 0.333. The number of benzene rings is 2. The van der Waals surface area contributed by atoms with Crippen molar-refractivity contribution in [2.24, 2.45) is 17.6 Å². The van der Waals surface area contributed by atoms with Crippen molar-refractivity contribution >= 4 is 40.9 Å². The Balaban J connectivity index is 1.57. The van der Waals surface area contributed by atoms with Gasteiger partial charge in [0.1, 0.15) is 5.54 Å². The summed E-state index contributed by atoms with van der Waals surface area (Å²) in [5, 5.41) is 6.45. The van der Waals surface area contributed by atoms with Crippen LogP contribution in [0.5, 0.6) is 0 Å². The van der Waals surface area contributed by atoms with E-state index in [0.717, 1.165) is 11.1 Å². The summed E-state index contributed by atoms with van der Waals surface area (Å²) in [7, 11) is 0. The van der Waals surface area contributed by atoms with Crippen molar-refractivity contribution in [1.29, 1.82) is 0 Å². The van der Waals surface area contributed by atoms with Crippen LogP contribution in [0.4, 0.5) is 5.69 Å². The first-order valence-corrected chi connectivity index (χ1v) is 11.2. The zero-order valence-corrected chi connectivity index (χ0v) is 18.7. The van der Waals surface area contributed by atoms with Crippen molar-refractivity contribution in [3.05, 3.63) is 64.2 Å². The predicted molar refractivity (Wildman–Crippen MR) is 121 cm³/mol. The maximum atomic E-state index is 13.7. The highest BCUT2D eigenvalue weighted by Gasteiger charge is 2.70. The van der Waals surface area contributed by atoms with Crippen molar-refractivity contribution in [2.45, 2.75) is 31.3 Å². The molecule has 3 heterocycles. The van der Waals surface area contributed by atoms with E-state index in [2.05, 4.69) is 10.6 Å². The van der Waals surface area contributed by atoms with Crippen LogP contribution >= 0.6 is 11.6 Å². The summed E-state index contributed by atoms with van der Waals surface area (Å²) in [6, 6.07) is 12.2. The lowest BCUT2D eigenvalue weighted by Crippen LogP contribution is -2.53. The normalized spacial score (nSPS) is 27.8. The average Bonchev–Trinajstić information content (AvgIpc) is 3.33. The highest BCUT2D eigenvalue weighted by Crippen LogP contribution is 2.54. The molecule has 2 saturated heterocycles. The van der Waals surface area contributed by atoms with Gasteiger partial charge in [0.15, 0.2) is 0 Å². The molecule has 2 fully saturated rings. The Labute approximate surface area is 195 Å². The number of primary amides is 1. The second-order valence-electron chi connectivity index (χ2n) is 8.90. The summed E-state index contributed by atoms with van der Waals surface area (Å²) in [5.41, 5.74) is 6.79. The van der Waals surface area contributed by atoms with Crippen molar-refractivity contribution in [3.8, 4) is 0 Å². The molecule has 0 aliphatic carbocycles. The molecule has 4 atom stereocenters. The van der Waals surface area contributed by atoms with Gasteiger partial charge < -0.3 is 11.1 Å². The lowest BCUT2D eigenvalue weighted by Gasteiger charge is -2.29. The second-order valence-corrected chi connectivity index (χ2v) is 9.33. The van der Waals surface area contributed by atoms with Crippen molar-refractivity contribution in [1.82, 2.24) is 10.2 Å². The van der Waals surface area contributed by atoms with Gasteiger partial charge in [-0.25, -0.2) is 0 Å². The number of fused-ring (bicyclic) bond motifs is 4. The molecule has 0 bridgehead atoms. The van der Waals surface area contributed by atoms with Crippen molar-refractivity contribution in [3.63, 3.8) is 0 Å². The Hall–Kier alpha value is -3.23. The Bertz CT molecular complexity index is 1200. The monoisotopic (exact) mass is 466 g/mol. The number of aryl methyl sites for hydroxylation is 1.